The van der Waals surface area contributed by atoms with Crippen LogP contribution in [0.15, 0.2) is 30.3 Å². The Balaban J connectivity index is 1.28. The van der Waals surface area contributed by atoms with Gasteiger partial charge in [-0.25, -0.2) is 4.79 Å². The minimum absolute atomic E-state index is 0.0600. The molecule has 0 heterocycles. The van der Waals surface area contributed by atoms with Crippen LogP contribution >= 0.6 is 0 Å². The number of esters is 1. The SMILES string of the molecule is CC(=O)[C@H]1CC[C@H]2[C@@H]3CCC4CC(OC(=O)c5ccccc5)CC[C@]4(C)[C@H]3CC[C@]12C. The quantitative estimate of drug-likeness (QED) is 0.525. The number of benzene rings is 1. The molecule has 4 aliphatic carbocycles. The van der Waals surface area contributed by atoms with E-state index in [1.807, 2.05) is 37.3 Å². The molecule has 168 valence electrons. The lowest BCUT2D eigenvalue weighted by molar-refractivity contribution is -0.138. The van der Waals surface area contributed by atoms with Crippen LogP contribution in [0.5, 0.6) is 0 Å². The molecule has 31 heavy (non-hydrogen) atoms. The van der Waals surface area contributed by atoms with Crippen LogP contribution in [0.4, 0.5) is 0 Å². The second-order valence-electron chi connectivity index (χ2n) is 11.6. The van der Waals surface area contributed by atoms with E-state index in [0.29, 0.717) is 22.7 Å². The summed E-state index contributed by atoms with van der Waals surface area (Å²) in [5, 5.41) is 0. The summed E-state index contributed by atoms with van der Waals surface area (Å²) in [6.45, 7) is 6.80. The lowest BCUT2D eigenvalue weighted by atomic mass is 9.44. The zero-order valence-corrected chi connectivity index (χ0v) is 19.4. The maximum absolute atomic E-state index is 12.6. The molecule has 0 bridgehead atoms. The van der Waals surface area contributed by atoms with Gasteiger partial charge in [0.1, 0.15) is 11.9 Å². The highest BCUT2D eigenvalue weighted by atomic mass is 16.5. The number of ether oxygens (including phenoxy) is 1. The highest BCUT2D eigenvalue weighted by molar-refractivity contribution is 5.89. The Kier molecular flexibility index (Phi) is 5.30. The van der Waals surface area contributed by atoms with E-state index >= 15 is 0 Å². The summed E-state index contributed by atoms with van der Waals surface area (Å²) in [6.07, 6.45) is 10.7. The van der Waals surface area contributed by atoms with Gasteiger partial charge in [-0.2, -0.15) is 0 Å². The van der Waals surface area contributed by atoms with Crippen LogP contribution in [-0.4, -0.2) is 17.9 Å². The first-order valence-electron chi connectivity index (χ1n) is 12.6. The second kappa shape index (κ2) is 7.74. The molecule has 0 aromatic heterocycles. The maximum atomic E-state index is 12.6. The number of rotatable bonds is 3. The molecule has 1 aromatic carbocycles. The van der Waals surface area contributed by atoms with Crippen LogP contribution in [0.2, 0.25) is 0 Å². The average Bonchev–Trinajstić information content (AvgIpc) is 3.12. The summed E-state index contributed by atoms with van der Waals surface area (Å²) < 4.78 is 5.96. The van der Waals surface area contributed by atoms with Gasteiger partial charge in [0.05, 0.1) is 5.56 Å². The van der Waals surface area contributed by atoms with Crippen LogP contribution in [0.3, 0.4) is 0 Å². The maximum Gasteiger partial charge on any atom is 0.338 e. The van der Waals surface area contributed by atoms with E-state index in [9.17, 15) is 9.59 Å². The molecule has 0 spiro atoms. The van der Waals surface area contributed by atoms with Crippen molar-refractivity contribution in [2.24, 2.45) is 40.4 Å². The van der Waals surface area contributed by atoms with Gasteiger partial charge in [-0.3, -0.25) is 4.79 Å². The zero-order chi connectivity index (χ0) is 21.8. The van der Waals surface area contributed by atoms with Crippen molar-refractivity contribution in [3.8, 4) is 0 Å². The van der Waals surface area contributed by atoms with Gasteiger partial charge in [-0.05, 0) is 111 Å². The Hall–Kier alpha value is -1.64. The molecular weight excluding hydrogens is 384 g/mol. The molecule has 4 saturated carbocycles. The van der Waals surface area contributed by atoms with Crippen LogP contribution in [-0.2, 0) is 9.53 Å². The molecule has 3 nitrogen and oxygen atoms in total. The van der Waals surface area contributed by atoms with Crippen LogP contribution in [0.25, 0.3) is 0 Å². The number of fused-ring (bicyclic) bond motifs is 5. The summed E-state index contributed by atoms with van der Waals surface area (Å²) in [4.78, 5) is 24.9. The first-order valence-corrected chi connectivity index (χ1v) is 12.6. The van der Waals surface area contributed by atoms with Crippen molar-refractivity contribution in [1.29, 1.82) is 0 Å². The van der Waals surface area contributed by atoms with Crippen LogP contribution in [0.1, 0.15) is 88.9 Å². The average molecular weight is 423 g/mol. The second-order valence-corrected chi connectivity index (χ2v) is 11.6. The van der Waals surface area contributed by atoms with Crippen molar-refractivity contribution in [2.75, 3.05) is 0 Å². The van der Waals surface area contributed by atoms with Crippen LogP contribution < -0.4 is 0 Å². The van der Waals surface area contributed by atoms with Gasteiger partial charge < -0.3 is 4.74 Å². The van der Waals surface area contributed by atoms with E-state index in [-0.39, 0.29) is 23.4 Å². The summed E-state index contributed by atoms with van der Waals surface area (Å²) in [6, 6.07) is 9.41. The topological polar surface area (TPSA) is 43.4 Å². The Labute approximate surface area is 187 Å². The number of hydrogen-bond acceptors (Lipinski definition) is 3. The predicted octanol–water partition coefficient (Wildman–Crippen LogP) is 6.46. The Morgan fingerprint density at radius 1 is 0.871 bits per heavy atom. The largest absolute Gasteiger partial charge is 0.459 e. The predicted molar refractivity (Wildman–Crippen MR) is 122 cm³/mol. The molecule has 0 amide bonds. The van der Waals surface area contributed by atoms with Crippen molar-refractivity contribution in [2.45, 2.75) is 84.7 Å². The molecule has 8 atom stereocenters. The van der Waals surface area contributed by atoms with Crippen molar-refractivity contribution in [3.05, 3.63) is 35.9 Å². The van der Waals surface area contributed by atoms with E-state index < -0.39 is 0 Å². The van der Waals surface area contributed by atoms with Crippen molar-refractivity contribution >= 4 is 11.8 Å². The third-order valence-corrected chi connectivity index (χ3v) is 10.4. The number of carbonyl (C=O) groups is 2. The number of hydrogen-bond donors (Lipinski definition) is 0. The van der Waals surface area contributed by atoms with Crippen LogP contribution in [0, 0.1) is 40.4 Å². The van der Waals surface area contributed by atoms with E-state index in [4.69, 9.17) is 4.74 Å². The Morgan fingerprint density at radius 3 is 2.32 bits per heavy atom. The summed E-state index contributed by atoms with van der Waals surface area (Å²) >= 11 is 0. The van der Waals surface area contributed by atoms with Gasteiger partial charge in [0.15, 0.2) is 0 Å². The molecule has 0 radical (unpaired) electrons. The fourth-order valence-electron chi connectivity index (χ4n) is 8.79. The standard InChI is InChI=1S/C28H38O3/c1-18(29)23-11-12-24-22-10-9-20-17-21(31-26(30)19-7-5-4-6-8-19)13-15-27(20,2)25(22)14-16-28(23,24)3/h4-8,20-25H,9-17H2,1-3H3/t20?,21?,22-,23+,24-,25-,27-,28+/m0/s1. The molecule has 2 unspecified atom stereocenters. The van der Waals surface area contributed by atoms with Gasteiger partial charge in [0.2, 0.25) is 0 Å². The normalized spacial score (nSPS) is 44.0. The monoisotopic (exact) mass is 422 g/mol. The third-order valence-electron chi connectivity index (χ3n) is 10.4. The molecule has 0 saturated heterocycles. The lowest BCUT2D eigenvalue weighted by Gasteiger charge is -2.61. The van der Waals surface area contributed by atoms with Crippen molar-refractivity contribution in [1.82, 2.24) is 0 Å². The number of Topliss-reactive ketones (excluding diaryl/α,β-unsaturated/α-hetero) is 1. The van der Waals surface area contributed by atoms with E-state index in [1.54, 1.807) is 0 Å². The molecule has 0 aliphatic heterocycles. The Morgan fingerprint density at radius 2 is 1.58 bits per heavy atom. The third kappa shape index (κ3) is 3.38. The summed E-state index contributed by atoms with van der Waals surface area (Å²) in [5.41, 5.74) is 1.26. The molecule has 0 N–H and O–H groups in total. The van der Waals surface area contributed by atoms with Crippen molar-refractivity contribution < 1.29 is 14.3 Å². The van der Waals surface area contributed by atoms with Gasteiger partial charge in [0, 0.05) is 5.92 Å². The minimum atomic E-state index is -0.169. The molecule has 1 aromatic rings. The molecule has 4 aliphatic rings. The number of carbonyl (C=O) groups excluding carboxylic acids is 2. The fourth-order valence-corrected chi connectivity index (χ4v) is 8.79. The minimum Gasteiger partial charge on any atom is -0.459 e. The molecule has 4 fully saturated rings. The first-order chi connectivity index (χ1) is 14.8. The fraction of sp³-hybridized carbons (Fsp3) is 0.714. The van der Waals surface area contributed by atoms with Gasteiger partial charge in [-0.1, -0.05) is 32.0 Å². The van der Waals surface area contributed by atoms with E-state index in [1.165, 1.54) is 38.5 Å². The van der Waals surface area contributed by atoms with Crippen molar-refractivity contribution in [3.63, 3.8) is 0 Å². The summed E-state index contributed by atoms with van der Waals surface area (Å²) in [5.74, 6) is 3.49. The first kappa shape index (κ1) is 21.2. The molecular formula is C28H38O3. The van der Waals surface area contributed by atoms with E-state index in [2.05, 4.69) is 13.8 Å². The highest BCUT2D eigenvalue weighted by Gasteiger charge is 2.60. The highest BCUT2D eigenvalue weighted by Crippen LogP contribution is 2.67. The van der Waals surface area contributed by atoms with Gasteiger partial charge in [-0.15, -0.1) is 0 Å². The Bertz CT molecular complexity index is 847. The lowest BCUT2D eigenvalue weighted by Crippen LogP contribution is -2.54. The van der Waals surface area contributed by atoms with Gasteiger partial charge >= 0.3 is 5.97 Å². The molecule has 3 heteroatoms. The van der Waals surface area contributed by atoms with Gasteiger partial charge in [0.25, 0.3) is 0 Å². The molecule has 5 rings (SSSR count). The zero-order valence-electron chi connectivity index (χ0n) is 19.4. The smallest absolute Gasteiger partial charge is 0.338 e. The van der Waals surface area contributed by atoms with E-state index in [0.717, 1.165) is 37.0 Å². The summed E-state index contributed by atoms with van der Waals surface area (Å²) in [7, 11) is 0. The number of ketones is 1.